The van der Waals surface area contributed by atoms with Crippen LogP contribution in [0.2, 0.25) is 0 Å². The van der Waals surface area contributed by atoms with Crippen molar-refractivity contribution in [3.8, 4) is 0 Å². The van der Waals surface area contributed by atoms with Gasteiger partial charge in [0, 0.05) is 0 Å². The Balaban J connectivity index is 2.54. The monoisotopic (exact) mass is 313 g/mol. The molecule has 0 fully saturated rings. The molecule has 0 aromatic carbocycles. The van der Waals surface area contributed by atoms with E-state index in [9.17, 15) is 8.42 Å². The summed E-state index contributed by atoms with van der Waals surface area (Å²) in [5.41, 5.74) is 0. The van der Waals surface area contributed by atoms with E-state index in [1.165, 1.54) is 10.6 Å². The Morgan fingerprint density at radius 1 is 1.54 bits per heavy atom. The second-order valence-electron chi connectivity index (χ2n) is 2.87. The number of halogens is 1. The van der Waals surface area contributed by atoms with E-state index in [0.717, 1.165) is 3.57 Å². The third-order valence-electron chi connectivity index (χ3n) is 1.92. The number of hydrogen-bond acceptors (Lipinski definition) is 3. The molecule has 0 saturated heterocycles. The van der Waals surface area contributed by atoms with Crippen LogP contribution in [0.15, 0.2) is 6.20 Å². The predicted octanol–water partition coefficient (Wildman–Crippen LogP) is 0.267. The molecule has 1 aromatic rings. The minimum atomic E-state index is -3.14. The molecule has 0 N–H and O–H groups in total. The molecule has 5 nitrogen and oxygen atoms in total. The minimum absolute atomic E-state index is 0.498. The Morgan fingerprint density at radius 3 is 2.85 bits per heavy atom. The third-order valence-corrected chi connectivity index (χ3v) is 3.84. The SMILES string of the molecule is CS(=O)(=O)N1CCn2ncc(I)c21. The maximum atomic E-state index is 11.3. The van der Waals surface area contributed by atoms with Gasteiger partial charge in [0.15, 0.2) is 5.82 Å². The van der Waals surface area contributed by atoms with Gasteiger partial charge in [0.1, 0.15) is 0 Å². The van der Waals surface area contributed by atoms with Crippen molar-refractivity contribution in [2.45, 2.75) is 6.54 Å². The number of hydrogen-bond donors (Lipinski definition) is 0. The first-order valence-electron chi connectivity index (χ1n) is 3.69. The molecule has 0 atom stereocenters. The number of rotatable bonds is 1. The zero-order chi connectivity index (χ0) is 9.64. The van der Waals surface area contributed by atoms with E-state index < -0.39 is 10.0 Å². The summed E-state index contributed by atoms with van der Waals surface area (Å²) in [4.78, 5) is 0. The van der Waals surface area contributed by atoms with Crippen LogP contribution in [0.4, 0.5) is 5.82 Å². The van der Waals surface area contributed by atoms with Crippen molar-refractivity contribution in [3.63, 3.8) is 0 Å². The molecule has 0 amide bonds. The molecule has 1 aliphatic heterocycles. The van der Waals surface area contributed by atoms with Crippen molar-refractivity contribution >= 4 is 38.4 Å². The highest BCUT2D eigenvalue weighted by atomic mass is 127. The van der Waals surface area contributed by atoms with Crippen molar-refractivity contribution in [3.05, 3.63) is 9.77 Å². The number of nitrogens with zero attached hydrogens (tertiary/aromatic N) is 3. The summed E-state index contributed by atoms with van der Waals surface area (Å²) in [6, 6.07) is 0. The fraction of sp³-hybridized carbons (Fsp3) is 0.500. The molecule has 0 aliphatic carbocycles. The average molecular weight is 313 g/mol. The lowest BCUT2D eigenvalue weighted by molar-refractivity contribution is 0.597. The second-order valence-corrected chi connectivity index (χ2v) is 5.94. The normalized spacial score (nSPS) is 16.3. The van der Waals surface area contributed by atoms with Crippen LogP contribution in [-0.4, -0.2) is 31.0 Å². The van der Waals surface area contributed by atoms with Crippen LogP contribution in [0.25, 0.3) is 0 Å². The van der Waals surface area contributed by atoms with Gasteiger partial charge in [0.2, 0.25) is 10.0 Å². The van der Waals surface area contributed by atoms with Gasteiger partial charge in [-0.05, 0) is 22.6 Å². The van der Waals surface area contributed by atoms with E-state index in [4.69, 9.17) is 0 Å². The van der Waals surface area contributed by atoms with Crippen molar-refractivity contribution in [1.29, 1.82) is 0 Å². The highest BCUT2D eigenvalue weighted by Crippen LogP contribution is 2.28. The van der Waals surface area contributed by atoms with Crippen LogP contribution < -0.4 is 4.31 Å². The summed E-state index contributed by atoms with van der Waals surface area (Å²) in [5, 5.41) is 4.06. The Labute approximate surface area is 89.9 Å². The maximum absolute atomic E-state index is 11.3. The first-order valence-corrected chi connectivity index (χ1v) is 6.62. The van der Waals surface area contributed by atoms with Crippen LogP contribution in [0, 0.1) is 3.57 Å². The maximum Gasteiger partial charge on any atom is 0.233 e. The third kappa shape index (κ3) is 1.43. The molecule has 1 aromatic heterocycles. The van der Waals surface area contributed by atoms with Gasteiger partial charge < -0.3 is 0 Å². The van der Waals surface area contributed by atoms with Crippen LogP contribution in [-0.2, 0) is 16.6 Å². The number of fused-ring (bicyclic) bond motifs is 1. The van der Waals surface area contributed by atoms with E-state index in [2.05, 4.69) is 27.7 Å². The lowest BCUT2D eigenvalue weighted by atomic mass is 10.6. The highest BCUT2D eigenvalue weighted by molar-refractivity contribution is 14.1. The second kappa shape index (κ2) is 2.84. The molecule has 0 saturated carbocycles. The molecule has 2 heterocycles. The van der Waals surface area contributed by atoms with Gasteiger partial charge in [-0.25, -0.2) is 13.1 Å². The summed E-state index contributed by atoms with van der Waals surface area (Å²) in [5.74, 6) is 0.697. The molecule has 2 rings (SSSR count). The molecule has 72 valence electrons. The summed E-state index contributed by atoms with van der Waals surface area (Å²) in [6.45, 7) is 1.14. The number of anilines is 1. The van der Waals surface area contributed by atoms with Gasteiger partial charge in [0.25, 0.3) is 0 Å². The van der Waals surface area contributed by atoms with Crippen molar-refractivity contribution in [2.24, 2.45) is 0 Å². The van der Waals surface area contributed by atoms with Crippen molar-refractivity contribution < 1.29 is 8.42 Å². The average Bonchev–Trinajstić information content (AvgIpc) is 2.51. The topological polar surface area (TPSA) is 55.2 Å². The first kappa shape index (κ1) is 9.25. The molecule has 7 heteroatoms. The summed E-state index contributed by atoms with van der Waals surface area (Å²) >= 11 is 2.09. The quantitative estimate of drug-likeness (QED) is 0.699. The van der Waals surface area contributed by atoms with Crippen molar-refractivity contribution in [1.82, 2.24) is 9.78 Å². The van der Waals surface area contributed by atoms with Crippen LogP contribution in [0.1, 0.15) is 0 Å². The van der Waals surface area contributed by atoms with Gasteiger partial charge >= 0.3 is 0 Å². The van der Waals surface area contributed by atoms with Crippen LogP contribution in [0.3, 0.4) is 0 Å². The zero-order valence-electron chi connectivity index (χ0n) is 6.94. The molecule has 0 spiro atoms. The Hall–Kier alpha value is -0.310. The zero-order valence-corrected chi connectivity index (χ0v) is 9.91. The lowest BCUT2D eigenvalue weighted by Crippen LogP contribution is -2.28. The summed E-state index contributed by atoms with van der Waals surface area (Å²) < 4.78 is 26.6. The Bertz CT molecular complexity index is 439. The fourth-order valence-corrected chi connectivity index (χ4v) is 3.16. The summed E-state index contributed by atoms with van der Waals surface area (Å²) in [6.07, 6.45) is 2.89. The molecule has 0 bridgehead atoms. The standard InChI is InChI=1S/C6H8IN3O2S/c1-13(11,12)10-3-2-9-6(10)5(7)4-8-9/h4H,2-3H2,1H3. The van der Waals surface area contributed by atoms with E-state index in [0.29, 0.717) is 18.9 Å². The molecule has 0 radical (unpaired) electrons. The van der Waals surface area contributed by atoms with Gasteiger partial charge in [-0.3, -0.25) is 4.31 Å². The van der Waals surface area contributed by atoms with Gasteiger partial charge in [0.05, 0.1) is 29.1 Å². The molecule has 1 aliphatic rings. The van der Waals surface area contributed by atoms with Crippen molar-refractivity contribution in [2.75, 3.05) is 17.1 Å². The minimum Gasteiger partial charge on any atom is -0.251 e. The largest absolute Gasteiger partial charge is 0.251 e. The Morgan fingerprint density at radius 2 is 2.23 bits per heavy atom. The Kier molecular flexibility index (Phi) is 2.02. The molecule has 0 unspecified atom stereocenters. The van der Waals surface area contributed by atoms with Gasteiger partial charge in [-0.15, -0.1) is 0 Å². The smallest absolute Gasteiger partial charge is 0.233 e. The van der Waals surface area contributed by atoms with Crippen LogP contribution >= 0.6 is 22.6 Å². The van der Waals surface area contributed by atoms with E-state index in [1.807, 2.05) is 0 Å². The predicted molar refractivity (Wildman–Crippen MR) is 57.1 cm³/mol. The van der Waals surface area contributed by atoms with E-state index >= 15 is 0 Å². The van der Waals surface area contributed by atoms with Crippen LogP contribution in [0.5, 0.6) is 0 Å². The molecule has 13 heavy (non-hydrogen) atoms. The van der Waals surface area contributed by atoms with E-state index in [1.54, 1.807) is 10.9 Å². The number of aromatic nitrogens is 2. The van der Waals surface area contributed by atoms with E-state index in [-0.39, 0.29) is 0 Å². The molecular formula is C6H8IN3O2S. The molecular weight excluding hydrogens is 305 g/mol. The summed E-state index contributed by atoms with van der Waals surface area (Å²) in [7, 11) is -3.14. The highest BCUT2D eigenvalue weighted by Gasteiger charge is 2.29. The number of sulfonamides is 1. The lowest BCUT2D eigenvalue weighted by Gasteiger charge is -2.13. The fourth-order valence-electron chi connectivity index (χ4n) is 1.38. The van der Waals surface area contributed by atoms with Gasteiger partial charge in [-0.2, -0.15) is 5.10 Å². The first-order chi connectivity index (χ1) is 6.00. The van der Waals surface area contributed by atoms with Gasteiger partial charge in [-0.1, -0.05) is 0 Å².